The molecule has 1 heterocycles. The summed E-state index contributed by atoms with van der Waals surface area (Å²) in [4.78, 5) is 23.9. The largest absolute Gasteiger partial charge is 0.488 e. The fraction of sp³-hybridized carbons (Fsp3) is 0.394. The molecule has 7 nitrogen and oxygen atoms in total. The monoisotopic (exact) mass is 628 g/mol. The minimum atomic E-state index is -0.801. The smallest absolute Gasteiger partial charge is 0.306 e. The van der Waals surface area contributed by atoms with Gasteiger partial charge in [-0.2, -0.15) is 0 Å². The number of amides is 1. The van der Waals surface area contributed by atoms with Crippen molar-refractivity contribution in [2.24, 2.45) is 11.7 Å². The Balaban J connectivity index is 1.50. The number of carboxylic acids is 1. The normalized spacial score (nSPS) is 21.0. The maximum absolute atomic E-state index is 16.1. The van der Waals surface area contributed by atoms with Crippen LogP contribution in [0.4, 0.5) is 4.39 Å². The zero-order chi connectivity index (χ0) is 30.5. The Morgan fingerprint density at radius 3 is 2.44 bits per heavy atom. The quantitative estimate of drug-likeness (QED) is 0.215. The number of nitrogens with two attached hydrogens (primary N) is 1. The number of primary amides is 1. The number of rotatable bonds is 11. The molecule has 4 N–H and O–H groups in total. The lowest BCUT2D eigenvalue weighted by atomic mass is 9.85. The molecular weight excluding hydrogens is 594 g/mol. The van der Waals surface area contributed by atoms with Crippen molar-refractivity contribution in [1.82, 2.24) is 5.32 Å². The SMILES string of the molecule is NC(=O)c1ccc(OC[C@@H]2CCCO2)c(F)c1-c1cc(C(CNC2CCC(C(=O)O)CC2)c2ccccc2)c(Cl)cc1Cl. The fourth-order valence-corrected chi connectivity index (χ4v) is 6.65. The maximum Gasteiger partial charge on any atom is 0.306 e. The van der Waals surface area contributed by atoms with Crippen LogP contribution in [0, 0.1) is 11.7 Å². The average molecular weight is 630 g/mol. The summed E-state index contributed by atoms with van der Waals surface area (Å²) < 4.78 is 27.5. The number of benzene rings is 3. The molecule has 43 heavy (non-hydrogen) atoms. The van der Waals surface area contributed by atoms with Crippen molar-refractivity contribution in [2.75, 3.05) is 19.8 Å². The van der Waals surface area contributed by atoms with E-state index >= 15 is 4.39 Å². The zero-order valence-corrected chi connectivity index (χ0v) is 25.2. The Hall–Kier alpha value is -3.17. The first kappa shape index (κ1) is 31.3. The van der Waals surface area contributed by atoms with Gasteiger partial charge in [0.05, 0.1) is 22.6 Å². The van der Waals surface area contributed by atoms with Gasteiger partial charge in [0.2, 0.25) is 5.91 Å². The lowest BCUT2D eigenvalue weighted by molar-refractivity contribution is -0.142. The predicted molar refractivity (Wildman–Crippen MR) is 165 cm³/mol. The van der Waals surface area contributed by atoms with Gasteiger partial charge in [-0.15, -0.1) is 0 Å². The van der Waals surface area contributed by atoms with Gasteiger partial charge in [-0.05, 0) is 73.9 Å². The summed E-state index contributed by atoms with van der Waals surface area (Å²) in [5.74, 6) is -2.87. The van der Waals surface area contributed by atoms with E-state index in [0.717, 1.165) is 31.2 Å². The van der Waals surface area contributed by atoms with Crippen molar-refractivity contribution >= 4 is 35.1 Å². The zero-order valence-electron chi connectivity index (χ0n) is 23.7. The molecule has 10 heteroatoms. The summed E-state index contributed by atoms with van der Waals surface area (Å²) in [6.45, 7) is 1.33. The molecule has 1 saturated heterocycles. The van der Waals surface area contributed by atoms with Gasteiger partial charge in [0.15, 0.2) is 11.6 Å². The van der Waals surface area contributed by atoms with E-state index in [0.29, 0.717) is 36.6 Å². The van der Waals surface area contributed by atoms with Gasteiger partial charge in [0.1, 0.15) is 6.61 Å². The molecule has 228 valence electrons. The summed E-state index contributed by atoms with van der Waals surface area (Å²) in [6.07, 6.45) is 4.38. The first-order chi connectivity index (χ1) is 20.7. The third-order valence-electron chi connectivity index (χ3n) is 8.44. The lowest BCUT2D eigenvalue weighted by Gasteiger charge is -2.29. The fourth-order valence-electron chi connectivity index (χ4n) is 6.04. The average Bonchev–Trinajstić information content (AvgIpc) is 3.52. The number of aliphatic carboxylic acids is 1. The van der Waals surface area contributed by atoms with Crippen LogP contribution in [0.2, 0.25) is 10.0 Å². The third kappa shape index (κ3) is 7.32. The van der Waals surface area contributed by atoms with E-state index in [1.807, 2.05) is 30.3 Å². The van der Waals surface area contributed by atoms with Crippen LogP contribution in [0.1, 0.15) is 65.9 Å². The topological polar surface area (TPSA) is 111 Å². The van der Waals surface area contributed by atoms with Crippen LogP contribution in [0.25, 0.3) is 11.1 Å². The molecule has 1 aliphatic heterocycles. The van der Waals surface area contributed by atoms with Crippen LogP contribution in [-0.2, 0) is 9.53 Å². The molecular formula is C33H35Cl2FN2O5. The second kappa shape index (κ2) is 14.1. The number of carboxylic acid groups (broad SMARTS) is 1. The highest BCUT2D eigenvalue weighted by Gasteiger charge is 2.29. The second-order valence-electron chi connectivity index (χ2n) is 11.2. The summed E-state index contributed by atoms with van der Waals surface area (Å²) >= 11 is 13.5. The first-order valence-corrected chi connectivity index (χ1v) is 15.4. The van der Waals surface area contributed by atoms with Crippen LogP contribution in [0.5, 0.6) is 5.75 Å². The Morgan fingerprint density at radius 2 is 1.79 bits per heavy atom. The number of carbonyl (C=O) groups is 2. The Kier molecular flexibility index (Phi) is 10.2. The lowest BCUT2D eigenvalue weighted by Crippen LogP contribution is -2.37. The van der Waals surface area contributed by atoms with Gasteiger partial charge in [-0.1, -0.05) is 53.5 Å². The molecule has 2 atom stereocenters. The molecule has 1 amide bonds. The van der Waals surface area contributed by atoms with Crippen LogP contribution in [-0.4, -0.2) is 48.9 Å². The molecule has 0 aromatic heterocycles. The molecule has 0 radical (unpaired) electrons. The molecule has 5 rings (SSSR count). The highest BCUT2D eigenvalue weighted by Crippen LogP contribution is 2.42. The summed E-state index contributed by atoms with van der Waals surface area (Å²) in [6, 6.07) is 16.1. The molecule has 2 fully saturated rings. The number of ether oxygens (including phenoxy) is 2. The highest BCUT2D eigenvalue weighted by atomic mass is 35.5. The summed E-state index contributed by atoms with van der Waals surface area (Å²) in [7, 11) is 0. The van der Waals surface area contributed by atoms with Crippen molar-refractivity contribution < 1.29 is 28.6 Å². The molecule has 2 aliphatic rings. The van der Waals surface area contributed by atoms with Gasteiger partial charge in [0.25, 0.3) is 0 Å². The number of hydrogen-bond acceptors (Lipinski definition) is 5. The number of hydrogen-bond donors (Lipinski definition) is 3. The molecule has 3 aromatic carbocycles. The number of carbonyl (C=O) groups excluding carboxylic acids is 1. The van der Waals surface area contributed by atoms with Crippen molar-refractivity contribution in [2.45, 2.75) is 56.6 Å². The first-order valence-electron chi connectivity index (χ1n) is 14.6. The number of nitrogens with one attached hydrogen (secondary N) is 1. The van der Waals surface area contributed by atoms with Gasteiger partial charge in [-0.3, -0.25) is 9.59 Å². The molecule has 1 aliphatic carbocycles. The second-order valence-corrected chi connectivity index (χ2v) is 12.0. The molecule has 3 aromatic rings. The van der Waals surface area contributed by atoms with Gasteiger partial charge in [0, 0.05) is 41.3 Å². The highest BCUT2D eigenvalue weighted by molar-refractivity contribution is 6.37. The Morgan fingerprint density at radius 1 is 1.05 bits per heavy atom. The van der Waals surface area contributed by atoms with E-state index in [2.05, 4.69) is 5.32 Å². The standard InChI is InChI=1S/C33H35Cl2FN2O5/c34-27-16-28(35)25(30-23(32(37)39)12-13-29(31(30)36)43-18-22-7-4-14-42-22)15-24(27)26(19-5-2-1-3-6-19)17-38-21-10-8-20(9-11-21)33(40)41/h1-3,5-6,12-13,15-16,20-22,26,38H,4,7-11,14,17-18H2,(H2,37,39)(H,40,41)/t20?,21?,22-,26?/m0/s1. The van der Waals surface area contributed by atoms with Crippen molar-refractivity contribution in [3.8, 4) is 16.9 Å². The van der Waals surface area contributed by atoms with Gasteiger partial charge >= 0.3 is 5.97 Å². The van der Waals surface area contributed by atoms with Crippen molar-refractivity contribution in [3.63, 3.8) is 0 Å². The summed E-state index contributed by atoms with van der Waals surface area (Å²) in [5.41, 5.74) is 7.56. The number of halogens is 3. The van der Waals surface area contributed by atoms with Gasteiger partial charge in [-0.25, -0.2) is 4.39 Å². The molecule has 1 saturated carbocycles. The van der Waals surface area contributed by atoms with E-state index in [9.17, 15) is 14.7 Å². The van der Waals surface area contributed by atoms with E-state index < -0.39 is 17.7 Å². The van der Waals surface area contributed by atoms with Gasteiger partial charge < -0.3 is 25.6 Å². The van der Waals surface area contributed by atoms with Crippen LogP contribution in [0.3, 0.4) is 0 Å². The van der Waals surface area contributed by atoms with Crippen LogP contribution < -0.4 is 15.8 Å². The Labute approximate surface area is 260 Å². The Bertz CT molecular complexity index is 1460. The van der Waals surface area contributed by atoms with E-state index in [-0.39, 0.29) is 58.1 Å². The minimum Gasteiger partial charge on any atom is -0.488 e. The van der Waals surface area contributed by atoms with Crippen molar-refractivity contribution in [3.05, 3.63) is 87.2 Å². The van der Waals surface area contributed by atoms with Crippen molar-refractivity contribution in [1.29, 1.82) is 0 Å². The molecule has 1 unspecified atom stereocenters. The van der Waals surface area contributed by atoms with E-state index in [1.54, 1.807) is 12.1 Å². The third-order valence-corrected chi connectivity index (χ3v) is 9.08. The predicted octanol–water partition coefficient (Wildman–Crippen LogP) is 6.82. The minimum absolute atomic E-state index is 0.0262. The maximum atomic E-state index is 16.1. The van der Waals surface area contributed by atoms with E-state index in [4.69, 9.17) is 38.4 Å². The van der Waals surface area contributed by atoms with Crippen LogP contribution >= 0.6 is 23.2 Å². The van der Waals surface area contributed by atoms with Crippen LogP contribution in [0.15, 0.2) is 54.6 Å². The molecule has 0 spiro atoms. The molecule has 0 bridgehead atoms. The summed E-state index contributed by atoms with van der Waals surface area (Å²) in [5, 5.41) is 13.5. The van der Waals surface area contributed by atoms with E-state index in [1.165, 1.54) is 12.1 Å².